The summed E-state index contributed by atoms with van der Waals surface area (Å²) >= 11 is 3.40. The van der Waals surface area contributed by atoms with E-state index >= 15 is 0 Å². The number of nitrogens with zero attached hydrogens (tertiary/aromatic N) is 1. The number of alkyl halides is 1. The first-order valence-corrected chi connectivity index (χ1v) is 7.79. The van der Waals surface area contributed by atoms with Gasteiger partial charge in [0.1, 0.15) is 5.75 Å². The molecule has 4 heteroatoms. The predicted molar refractivity (Wildman–Crippen MR) is 87.3 cm³/mol. The van der Waals surface area contributed by atoms with Gasteiger partial charge in [0.25, 0.3) is 0 Å². The Labute approximate surface area is 131 Å². The lowest BCUT2D eigenvalue weighted by Gasteiger charge is -2.21. The van der Waals surface area contributed by atoms with Crippen LogP contribution in [0, 0.1) is 5.92 Å². The molecule has 0 aromatic heterocycles. The number of aromatic hydroxyl groups is 1. The van der Waals surface area contributed by atoms with Crippen molar-refractivity contribution < 1.29 is 9.90 Å². The van der Waals surface area contributed by atoms with E-state index in [1.165, 1.54) is 0 Å². The van der Waals surface area contributed by atoms with Gasteiger partial charge in [0, 0.05) is 11.0 Å². The Hall–Kier alpha value is -2.07. The minimum absolute atomic E-state index is 0.0383. The highest BCUT2D eigenvalue weighted by atomic mass is 79.9. The summed E-state index contributed by atoms with van der Waals surface area (Å²) in [5.74, 6) is 0.0538. The number of rotatable bonds is 3. The number of phenols is 1. The van der Waals surface area contributed by atoms with Crippen LogP contribution in [0.3, 0.4) is 0 Å². The highest BCUT2D eigenvalue weighted by Crippen LogP contribution is 2.35. The van der Waals surface area contributed by atoms with Gasteiger partial charge in [-0.15, -0.1) is 0 Å². The van der Waals surface area contributed by atoms with Gasteiger partial charge in [-0.2, -0.15) is 0 Å². The highest BCUT2D eigenvalue weighted by Gasteiger charge is 2.33. The van der Waals surface area contributed by atoms with Crippen LogP contribution >= 0.6 is 15.9 Å². The molecule has 1 atom stereocenters. The lowest BCUT2D eigenvalue weighted by Crippen LogP contribution is -2.28. The average Bonchev–Trinajstić information content (AvgIpc) is 2.86. The van der Waals surface area contributed by atoms with E-state index in [0.717, 1.165) is 16.9 Å². The first kappa shape index (κ1) is 13.9. The number of benzene rings is 2. The summed E-state index contributed by atoms with van der Waals surface area (Å²) in [6.07, 6.45) is 1.99. The summed E-state index contributed by atoms with van der Waals surface area (Å²) in [6, 6.07) is 16.5. The van der Waals surface area contributed by atoms with E-state index in [1.807, 2.05) is 36.4 Å². The smallest absolute Gasteiger partial charge is 0.239 e. The number of phenolic OH excluding ortho intramolecular Hbond substituents is 1. The molecule has 1 amide bonds. The molecule has 3 rings (SSSR count). The highest BCUT2D eigenvalue weighted by molar-refractivity contribution is 9.09. The second kappa shape index (κ2) is 5.74. The molecule has 0 spiro atoms. The first-order chi connectivity index (χ1) is 10.2. The number of anilines is 1. The van der Waals surface area contributed by atoms with Crippen molar-refractivity contribution in [1.82, 2.24) is 0 Å². The van der Waals surface area contributed by atoms with E-state index in [2.05, 4.69) is 15.9 Å². The molecule has 1 N–H and O–H groups in total. The van der Waals surface area contributed by atoms with E-state index < -0.39 is 0 Å². The fraction of sp³-hybridized carbons (Fsp3) is 0.118. The van der Waals surface area contributed by atoms with Crippen molar-refractivity contribution in [2.75, 3.05) is 10.2 Å². The number of carbonyl (C=O) groups is 1. The second-order valence-corrected chi connectivity index (χ2v) is 5.52. The van der Waals surface area contributed by atoms with Crippen LogP contribution in [0.25, 0.3) is 5.70 Å². The van der Waals surface area contributed by atoms with Gasteiger partial charge in [-0.1, -0.05) is 46.3 Å². The van der Waals surface area contributed by atoms with Crippen molar-refractivity contribution in [3.8, 4) is 5.75 Å². The lowest BCUT2D eigenvalue weighted by molar-refractivity contribution is -0.119. The molecule has 1 heterocycles. The van der Waals surface area contributed by atoms with E-state index in [9.17, 15) is 9.90 Å². The fourth-order valence-electron chi connectivity index (χ4n) is 2.43. The van der Waals surface area contributed by atoms with Gasteiger partial charge in [0.15, 0.2) is 0 Å². The number of halogens is 1. The molecular formula is C17H14BrNO2. The number of hydrogen-bond donors (Lipinski definition) is 1. The maximum absolute atomic E-state index is 12.6. The molecule has 1 aliphatic heterocycles. The second-order valence-electron chi connectivity index (χ2n) is 4.87. The molecule has 1 aliphatic rings. The van der Waals surface area contributed by atoms with Crippen molar-refractivity contribution >= 4 is 33.2 Å². The van der Waals surface area contributed by atoms with Crippen molar-refractivity contribution in [3.63, 3.8) is 0 Å². The first-order valence-electron chi connectivity index (χ1n) is 6.67. The summed E-state index contributed by atoms with van der Waals surface area (Å²) in [7, 11) is 0. The van der Waals surface area contributed by atoms with Crippen molar-refractivity contribution in [2.45, 2.75) is 0 Å². The molecule has 0 radical (unpaired) electrons. The van der Waals surface area contributed by atoms with Crippen molar-refractivity contribution in [2.24, 2.45) is 5.92 Å². The van der Waals surface area contributed by atoms with Gasteiger partial charge in [-0.3, -0.25) is 9.69 Å². The van der Waals surface area contributed by atoms with Crippen LogP contribution in [-0.2, 0) is 4.79 Å². The quantitative estimate of drug-likeness (QED) is 0.861. The van der Waals surface area contributed by atoms with Crippen LogP contribution in [-0.4, -0.2) is 16.3 Å². The molecule has 0 bridgehead atoms. The molecule has 0 fully saturated rings. The molecule has 0 saturated heterocycles. The minimum atomic E-state index is -0.172. The van der Waals surface area contributed by atoms with Crippen LogP contribution in [0.4, 0.5) is 5.69 Å². The number of hydrogen-bond acceptors (Lipinski definition) is 2. The number of carbonyl (C=O) groups excluding carboxylic acids is 1. The standard InChI is InChI=1S/C17H14BrNO2/c18-11-13-10-16(12-4-2-1-3-5-12)19(17(13)21)14-6-8-15(20)9-7-14/h1-10,13,20H,11H2. The van der Waals surface area contributed by atoms with Gasteiger partial charge in [0.05, 0.1) is 11.6 Å². The third kappa shape index (κ3) is 2.59. The maximum atomic E-state index is 12.6. The summed E-state index contributed by atoms with van der Waals surface area (Å²) in [6.45, 7) is 0. The molecule has 0 aliphatic carbocycles. The zero-order valence-electron chi connectivity index (χ0n) is 11.2. The van der Waals surface area contributed by atoms with E-state index in [-0.39, 0.29) is 17.6 Å². The van der Waals surface area contributed by atoms with Crippen molar-refractivity contribution in [1.29, 1.82) is 0 Å². The number of amides is 1. The third-order valence-electron chi connectivity index (χ3n) is 3.48. The minimum Gasteiger partial charge on any atom is -0.508 e. The Kier molecular flexibility index (Phi) is 3.80. The molecule has 106 valence electrons. The van der Waals surface area contributed by atoms with Gasteiger partial charge < -0.3 is 5.11 Å². The van der Waals surface area contributed by atoms with Crippen molar-refractivity contribution in [3.05, 3.63) is 66.2 Å². The predicted octanol–water partition coefficient (Wildman–Crippen LogP) is 3.79. The Morgan fingerprint density at radius 2 is 1.71 bits per heavy atom. The monoisotopic (exact) mass is 343 g/mol. The normalized spacial score (nSPS) is 18.0. The zero-order valence-corrected chi connectivity index (χ0v) is 12.8. The molecule has 0 saturated carbocycles. The van der Waals surface area contributed by atoms with E-state index in [4.69, 9.17) is 0 Å². The van der Waals surface area contributed by atoms with E-state index in [0.29, 0.717) is 5.33 Å². The summed E-state index contributed by atoms with van der Waals surface area (Å²) < 4.78 is 0. The van der Waals surface area contributed by atoms with Crippen LogP contribution in [0.15, 0.2) is 60.7 Å². The lowest BCUT2D eigenvalue weighted by atomic mass is 10.1. The van der Waals surface area contributed by atoms with Gasteiger partial charge in [-0.25, -0.2) is 0 Å². The Balaban J connectivity index is 2.06. The molecule has 2 aromatic carbocycles. The maximum Gasteiger partial charge on any atom is 0.239 e. The Bertz CT molecular complexity index is 680. The van der Waals surface area contributed by atoms with Gasteiger partial charge in [-0.05, 0) is 35.9 Å². The zero-order chi connectivity index (χ0) is 14.8. The van der Waals surface area contributed by atoms with Gasteiger partial charge >= 0.3 is 0 Å². The van der Waals surface area contributed by atoms with Crippen LogP contribution < -0.4 is 4.90 Å². The Morgan fingerprint density at radius 1 is 1.05 bits per heavy atom. The fourth-order valence-corrected chi connectivity index (χ4v) is 2.90. The average molecular weight is 344 g/mol. The topological polar surface area (TPSA) is 40.5 Å². The molecule has 1 unspecified atom stereocenters. The molecule has 2 aromatic rings. The summed E-state index contributed by atoms with van der Waals surface area (Å²) in [5, 5.41) is 10.0. The van der Waals surface area contributed by atoms with Crippen LogP contribution in [0.1, 0.15) is 5.56 Å². The molecular weight excluding hydrogens is 330 g/mol. The summed E-state index contributed by atoms with van der Waals surface area (Å²) in [5.41, 5.74) is 2.65. The largest absolute Gasteiger partial charge is 0.508 e. The molecule has 21 heavy (non-hydrogen) atoms. The third-order valence-corrected chi connectivity index (χ3v) is 4.18. The SMILES string of the molecule is O=C1C(CBr)C=C(c2ccccc2)N1c1ccc(O)cc1. The van der Waals surface area contributed by atoms with E-state index in [1.54, 1.807) is 29.2 Å². The molecule has 3 nitrogen and oxygen atoms in total. The summed E-state index contributed by atoms with van der Waals surface area (Å²) in [4.78, 5) is 14.3. The van der Waals surface area contributed by atoms with Crippen LogP contribution in [0.2, 0.25) is 0 Å². The van der Waals surface area contributed by atoms with Gasteiger partial charge in [0.2, 0.25) is 5.91 Å². The Morgan fingerprint density at radius 3 is 2.33 bits per heavy atom. The van der Waals surface area contributed by atoms with Crippen LogP contribution in [0.5, 0.6) is 5.75 Å².